The molecule has 0 radical (unpaired) electrons. The first-order chi connectivity index (χ1) is 12.1. The largest absolute Gasteiger partial charge is 0.503 e. The van der Waals surface area contributed by atoms with Gasteiger partial charge in [-0.05, 0) is 42.5 Å². The van der Waals surface area contributed by atoms with Crippen LogP contribution in [0.1, 0.15) is 0 Å². The van der Waals surface area contributed by atoms with Crippen molar-refractivity contribution in [3.63, 3.8) is 0 Å². The number of fused-ring (bicyclic) bond motifs is 2. The van der Waals surface area contributed by atoms with Gasteiger partial charge in [-0.2, -0.15) is 0 Å². The summed E-state index contributed by atoms with van der Waals surface area (Å²) < 4.78 is 1.89. The molecule has 0 saturated heterocycles. The van der Waals surface area contributed by atoms with Gasteiger partial charge in [-0.1, -0.05) is 18.2 Å². The van der Waals surface area contributed by atoms with Gasteiger partial charge in [-0.15, -0.1) is 0 Å². The lowest BCUT2D eigenvalue weighted by Crippen LogP contribution is -2.12. The van der Waals surface area contributed by atoms with Gasteiger partial charge >= 0.3 is 0 Å². The summed E-state index contributed by atoms with van der Waals surface area (Å²) in [7, 11) is 3.94. The quantitative estimate of drug-likeness (QED) is 0.573. The summed E-state index contributed by atoms with van der Waals surface area (Å²) in [5, 5.41) is 10.5. The second-order valence-corrected chi connectivity index (χ2v) is 6.13. The number of hydrogen-bond acceptors (Lipinski definition) is 4. The number of phenols is 1. The zero-order valence-electron chi connectivity index (χ0n) is 14.0. The third kappa shape index (κ3) is 2.41. The van der Waals surface area contributed by atoms with E-state index in [0.717, 1.165) is 22.4 Å². The van der Waals surface area contributed by atoms with Gasteiger partial charge in [0.2, 0.25) is 5.43 Å². The summed E-state index contributed by atoms with van der Waals surface area (Å²) in [6, 6.07) is 18.6. The van der Waals surface area contributed by atoms with E-state index in [1.54, 1.807) is 6.07 Å². The van der Waals surface area contributed by atoms with Crippen molar-refractivity contribution < 1.29 is 5.11 Å². The molecule has 1 heterocycles. The molecule has 2 aromatic carbocycles. The molecule has 5 heteroatoms. The number of benzene rings is 3. The third-order valence-corrected chi connectivity index (χ3v) is 4.29. The average molecular weight is 331 g/mol. The standard InChI is InChI=1S/C20H17N3O2/c1-22(2)14-8-9-15-17(12-14)23(13-6-4-3-5-7-13)19-16(21-15)10-11-18(24)20(19)25/h3-12,25H,1-2H3. The molecule has 1 aliphatic carbocycles. The smallest absolute Gasteiger partial charge is 0.222 e. The maximum absolute atomic E-state index is 12.0. The van der Waals surface area contributed by atoms with Gasteiger partial charge in [-0.3, -0.25) is 4.79 Å². The molecule has 2 aromatic rings. The zero-order valence-corrected chi connectivity index (χ0v) is 14.0. The molecule has 0 fully saturated rings. The molecule has 0 saturated carbocycles. The molecule has 5 nitrogen and oxygen atoms in total. The van der Waals surface area contributed by atoms with Crippen LogP contribution < -0.4 is 10.3 Å². The lowest BCUT2D eigenvalue weighted by atomic mass is 10.1. The fraction of sp³-hybridized carbons (Fsp3) is 0.100. The summed E-state index contributed by atoms with van der Waals surface area (Å²) in [5.74, 6) is -0.286. The van der Waals surface area contributed by atoms with E-state index in [0.29, 0.717) is 11.4 Å². The first kappa shape index (κ1) is 15.2. The van der Waals surface area contributed by atoms with Gasteiger partial charge in [0, 0.05) is 25.5 Å². The number of rotatable bonds is 2. The van der Waals surface area contributed by atoms with Crippen LogP contribution in [0, 0.1) is 0 Å². The van der Waals surface area contributed by atoms with Crippen molar-refractivity contribution in [2.24, 2.45) is 0 Å². The van der Waals surface area contributed by atoms with E-state index in [-0.39, 0.29) is 5.75 Å². The molecule has 1 aliphatic heterocycles. The van der Waals surface area contributed by atoms with Crippen molar-refractivity contribution >= 4 is 16.7 Å². The summed E-state index contributed by atoms with van der Waals surface area (Å²) in [6.45, 7) is 0. The molecule has 1 N–H and O–H groups in total. The normalized spacial score (nSPS) is 11.1. The van der Waals surface area contributed by atoms with E-state index in [4.69, 9.17) is 0 Å². The van der Waals surface area contributed by atoms with Crippen LogP contribution in [-0.4, -0.2) is 28.8 Å². The lowest BCUT2D eigenvalue weighted by molar-refractivity contribution is 0.469. The Bertz CT molecular complexity index is 1100. The fourth-order valence-electron chi connectivity index (χ4n) is 3.02. The Morgan fingerprint density at radius 1 is 1.00 bits per heavy atom. The summed E-state index contributed by atoms with van der Waals surface area (Å²) in [6.07, 6.45) is 0. The first-order valence-corrected chi connectivity index (χ1v) is 7.97. The maximum atomic E-state index is 12.0. The average Bonchev–Trinajstić information content (AvgIpc) is 2.63. The van der Waals surface area contributed by atoms with Crippen molar-refractivity contribution in [1.29, 1.82) is 0 Å². The molecule has 4 rings (SSSR count). The maximum Gasteiger partial charge on any atom is 0.222 e. The van der Waals surface area contributed by atoms with Crippen LogP contribution in [0.3, 0.4) is 0 Å². The molecule has 124 valence electrons. The molecule has 0 amide bonds. The highest BCUT2D eigenvalue weighted by molar-refractivity contribution is 5.87. The van der Waals surface area contributed by atoms with Gasteiger partial charge in [0.1, 0.15) is 5.69 Å². The number of hydrogen-bond donors (Lipinski definition) is 1. The van der Waals surface area contributed by atoms with Crippen molar-refractivity contribution in [3.05, 3.63) is 70.9 Å². The van der Waals surface area contributed by atoms with Crippen molar-refractivity contribution in [2.75, 3.05) is 19.0 Å². The molecule has 0 aromatic heterocycles. The number of anilines is 1. The monoisotopic (exact) mass is 331 g/mol. The van der Waals surface area contributed by atoms with Gasteiger partial charge in [0.25, 0.3) is 0 Å². The fourth-order valence-corrected chi connectivity index (χ4v) is 3.02. The van der Waals surface area contributed by atoms with Gasteiger partial charge in [0.15, 0.2) is 5.75 Å². The van der Waals surface area contributed by atoms with Gasteiger partial charge < -0.3 is 14.6 Å². The molecule has 0 spiro atoms. The van der Waals surface area contributed by atoms with E-state index < -0.39 is 5.43 Å². The Morgan fingerprint density at radius 3 is 2.48 bits per heavy atom. The predicted molar refractivity (Wildman–Crippen MR) is 100.0 cm³/mol. The Hall–Kier alpha value is -3.34. The van der Waals surface area contributed by atoms with Crippen LogP contribution in [-0.2, 0) is 0 Å². The minimum absolute atomic E-state index is 0.286. The Labute approximate surface area is 144 Å². The minimum atomic E-state index is -0.415. The predicted octanol–water partition coefficient (Wildman–Crippen LogP) is 3.26. The van der Waals surface area contributed by atoms with Crippen LogP contribution >= 0.6 is 0 Å². The molecule has 0 unspecified atom stereocenters. The van der Waals surface area contributed by atoms with E-state index in [1.165, 1.54) is 6.07 Å². The number of phenolic OH excluding ortho intramolecular Hbond substituents is 1. The molecular weight excluding hydrogens is 314 g/mol. The summed E-state index contributed by atoms with van der Waals surface area (Å²) in [4.78, 5) is 18.7. The molecule has 25 heavy (non-hydrogen) atoms. The van der Waals surface area contributed by atoms with Crippen LogP contribution in [0.4, 0.5) is 5.69 Å². The molecule has 0 atom stereocenters. The number of para-hydroxylation sites is 1. The molecule has 2 aliphatic rings. The molecule has 0 bridgehead atoms. The van der Waals surface area contributed by atoms with E-state index in [2.05, 4.69) is 4.98 Å². The summed E-state index contributed by atoms with van der Waals surface area (Å²) >= 11 is 0. The van der Waals surface area contributed by atoms with Crippen LogP contribution in [0.2, 0.25) is 0 Å². The van der Waals surface area contributed by atoms with Crippen LogP contribution in [0.15, 0.2) is 65.5 Å². The Morgan fingerprint density at radius 2 is 1.76 bits per heavy atom. The SMILES string of the molecule is CN(C)c1ccc2nc3ccc(=O)c(O)c-3n(-c3ccccc3)c2c1. The van der Waals surface area contributed by atoms with Crippen molar-refractivity contribution in [3.8, 4) is 22.8 Å². The number of aromatic hydroxyl groups is 1. The van der Waals surface area contributed by atoms with Gasteiger partial charge in [0.05, 0.1) is 16.7 Å². The van der Waals surface area contributed by atoms with Crippen molar-refractivity contribution in [2.45, 2.75) is 0 Å². The highest BCUT2D eigenvalue weighted by Gasteiger charge is 2.20. The Kier molecular flexibility index (Phi) is 3.42. The van der Waals surface area contributed by atoms with E-state index in [1.807, 2.05) is 72.1 Å². The third-order valence-electron chi connectivity index (χ3n) is 4.29. The highest BCUT2D eigenvalue weighted by atomic mass is 16.3. The van der Waals surface area contributed by atoms with Crippen molar-refractivity contribution in [1.82, 2.24) is 9.55 Å². The van der Waals surface area contributed by atoms with Crippen LogP contribution in [0.25, 0.3) is 28.1 Å². The minimum Gasteiger partial charge on any atom is -0.503 e. The lowest BCUT2D eigenvalue weighted by Gasteiger charge is -2.21. The topological polar surface area (TPSA) is 58.4 Å². The summed E-state index contributed by atoms with van der Waals surface area (Å²) in [5.41, 5.74) is 4.06. The highest BCUT2D eigenvalue weighted by Crippen LogP contribution is 2.34. The van der Waals surface area contributed by atoms with Gasteiger partial charge in [-0.25, -0.2) is 4.98 Å². The number of aromatic nitrogens is 2. The Balaban J connectivity index is 2.23. The molecular formula is C20H17N3O2. The second kappa shape index (κ2) is 5.63. The number of nitrogens with zero attached hydrogens (tertiary/aromatic N) is 3. The van der Waals surface area contributed by atoms with E-state index in [9.17, 15) is 9.90 Å². The van der Waals surface area contributed by atoms with E-state index >= 15 is 0 Å². The van der Waals surface area contributed by atoms with Crippen LogP contribution in [0.5, 0.6) is 5.75 Å². The first-order valence-electron chi connectivity index (χ1n) is 7.97. The second-order valence-electron chi connectivity index (χ2n) is 6.13. The zero-order chi connectivity index (χ0) is 17.6.